The van der Waals surface area contributed by atoms with E-state index in [1.807, 2.05) is 18.2 Å². The maximum atomic E-state index is 12.2. The highest BCUT2D eigenvalue weighted by atomic mass is 16.5. The molecule has 0 aromatic heterocycles. The second-order valence-electron chi connectivity index (χ2n) is 6.40. The molecular weight excluding hydrogens is 300 g/mol. The van der Waals surface area contributed by atoms with Crippen molar-refractivity contribution in [2.24, 2.45) is 0 Å². The van der Waals surface area contributed by atoms with Gasteiger partial charge in [-0.15, -0.1) is 0 Å². The van der Waals surface area contributed by atoms with E-state index < -0.39 is 0 Å². The second-order valence-corrected chi connectivity index (χ2v) is 6.40. The van der Waals surface area contributed by atoms with Crippen LogP contribution in [0.4, 0.5) is 0 Å². The molecule has 0 saturated heterocycles. The average Bonchev–Trinajstić information content (AvgIpc) is 2.61. The first-order chi connectivity index (χ1) is 11.8. The predicted octanol–water partition coefficient (Wildman–Crippen LogP) is 3.14. The third-order valence-corrected chi connectivity index (χ3v) is 4.38. The highest BCUT2D eigenvalue weighted by Crippen LogP contribution is 2.19. The summed E-state index contributed by atoms with van der Waals surface area (Å²) in [6.07, 6.45) is 8.33. The number of allylic oxidation sites excluding steroid dienone is 1. The number of hydrogen-bond acceptors (Lipinski definition) is 3. The molecule has 0 fully saturated rings. The smallest absolute Gasteiger partial charge is 0.234 e. The normalized spacial score (nSPS) is 14.5. The summed E-state index contributed by atoms with van der Waals surface area (Å²) in [6, 6.07) is 10.2. The summed E-state index contributed by atoms with van der Waals surface area (Å²) in [6.45, 7) is 3.31. The van der Waals surface area contributed by atoms with Gasteiger partial charge in [-0.05, 0) is 37.7 Å². The van der Waals surface area contributed by atoms with Crippen molar-refractivity contribution in [3.05, 3.63) is 47.5 Å². The Bertz CT molecular complexity index is 514. The van der Waals surface area contributed by atoms with Crippen molar-refractivity contribution in [3.63, 3.8) is 0 Å². The maximum absolute atomic E-state index is 12.2. The minimum absolute atomic E-state index is 0.0958. The Morgan fingerprint density at radius 3 is 2.79 bits per heavy atom. The van der Waals surface area contributed by atoms with Crippen LogP contribution in [0.1, 0.15) is 37.7 Å². The van der Waals surface area contributed by atoms with E-state index in [0.717, 1.165) is 26.1 Å². The number of nitrogens with zero attached hydrogens (tertiary/aromatic N) is 1. The zero-order chi connectivity index (χ0) is 17.0. The summed E-state index contributed by atoms with van der Waals surface area (Å²) >= 11 is 0. The molecule has 1 aliphatic carbocycles. The van der Waals surface area contributed by atoms with Crippen molar-refractivity contribution in [3.8, 4) is 0 Å². The molecule has 1 aromatic rings. The van der Waals surface area contributed by atoms with Crippen LogP contribution in [0.3, 0.4) is 0 Å². The molecule has 1 aliphatic rings. The number of ether oxygens (including phenoxy) is 1. The fourth-order valence-electron chi connectivity index (χ4n) is 3.03. The third kappa shape index (κ3) is 7.28. The minimum atomic E-state index is 0.0958. The van der Waals surface area contributed by atoms with Gasteiger partial charge in [0.05, 0.1) is 13.2 Å². The van der Waals surface area contributed by atoms with Crippen molar-refractivity contribution in [1.82, 2.24) is 10.2 Å². The topological polar surface area (TPSA) is 41.6 Å². The van der Waals surface area contributed by atoms with Gasteiger partial charge >= 0.3 is 0 Å². The van der Waals surface area contributed by atoms with Gasteiger partial charge in [-0.25, -0.2) is 0 Å². The lowest BCUT2D eigenvalue weighted by Gasteiger charge is -2.21. The van der Waals surface area contributed by atoms with Crippen molar-refractivity contribution in [2.45, 2.75) is 38.6 Å². The Kier molecular flexibility index (Phi) is 8.56. The quantitative estimate of drug-likeness (QED) is 0.670. The van der Waals surface area contributed by atoms with E-state index in [-0.39, 0.29) is 5.91 Å². The van der Waals surface area contributed by atoms with Crippen LogP contribution in [0, 0.1) is 0 Å². The Balaban J connectivity index is 1.75. The summed E-state index contributed by atoms with van der Waals surface area (Å²) in [5, 5.41) is 3.06. The fraction of sp³-hybridized carbons (Fsp3) is 0.550. The lowest BCUT2D eigenvalue weighted by Crippen LogP contribution is -2.38. The van der Waals surface area contributed by atoms with Gasteiger partial charge in [0.1, 0.15) is 0 Å². The number of nitrogens with one attached hydrogen (secondary N) is 1. The molecule has 4 nitrogen and oxygen atoms in total. The third-order valence-electron chi connectivity index (χ3n) is 4.38. The van der Waals surface area contributed by atoms with Crippen LogP contribution in [0.15, 0.2) is 42.0 Å². The van der Waals surface area contributed by atoms with Gasteiger partial charge in [0.2, 0.25) is 5.91 Å². The first-order valence-corrected chi connectivity index (χ1v) is 8.98. The monoisotopic (exact) mass is 330 g/mol. The van der Waals surface area contributed by atoms with Crippen LogP contribution in [-0.2, 0) is 16.1 Å². The molecule has 0 atom stereocenters. The van der Waals surface area contributed by atoms with Crippen molar-refractivity contribution >= 4 is 5.91 Å². The van der Waals surface area contributed by atoms with Crippen molar-refractivity contribution < 1.29 is 9.53 Å². The van der Waals surface area contributed by atoms with Crippen LogP contribution in [0.2, 0.25) is 0 Å². The number of amides is 1. The maximum Gasteiger partial charge on any atom is 0.234 e. The zero-order valence-corrected chi connectivity index (χ0v) is 14.8. The van der Waals surface area contributed by atoms with Crippen LogP contribution in [0.25, 0.3) is 0 Å². The van der Waals surface area contributed by atoms with Crippen LogP contribution >= 0.6 is 0 Å². The van der Waals surface area contributed by atoms with Crippen molar-refractivity contribution in [1.29, 1.82) is 0 Å². The largest absolute Gasteiger partial charge is 0.383 e. The lowest BCUT2D eigenvalue weighted by molar-refractivity contribution is -0.122. The van der Waals surface area contributed by atoms with Gasteiger partial charge in [0.25, 0.3) is 0 Å². The van der Waals surface area contributed by atoms with E-state index in [4.69, 9.17) is 4.74 Å². The molecular formula is C20H30N2O2. The Morgan fingerprint density at radius 2 is 2.08 bits per heavy atom. The number of methoxy groups -OCH3 is 1. The molecule has 24 heavy (non-hydrogen) atoms. The van der Waals surface area contributed by atoms with Gasteiger partial charge in [-0.2, -0.15) is 0 Å². The van der Waals surface area contributed by atoms with Crippen LogP contribution in [-0.4, -0.2) is 44.2 Å². The molecule has 4 heteroatoms. The molecule has 1 N–H and O–H groups in total. The van der Waals surface area contributed by atoms with E-state index in [2.05, 4.69) is 28.4 Å². The number of rotatable bonds is 10. The van der Waals surface area contributed by atoms with Gasteiger partial charge in [-0.1, -0.05) is 42.0 Å². The van der Waals surface area contributed by atoms with E-state index in [1.54, 1.807) is 7.11 Å². The summed E-state index contributed by atoms with van der Waals surface area (Å²) < 4.78 is 5.17. The molecule has 0 saturated carbocycles. The summed E-state index contributed by atoms with van der Waals surface area (Å²) in [5.41, 5.74) is 2.72. The van der Waals surface area contributed by atoms with Gasteiger partial charge < -0.3 is 10.1 Å². The molecule has 0 heterocycles. The van der Waals surface area contributed by atoms with Crippen LogP contribution in [0.5, 0.6) is 0 Å². The SMILES string of the molecule is COCCN(CC(=O)NCCC1=CCCCC1)Cc1ccccc1. The number of hydrogen-bond donors (Lipinski definition) is 1. The van der Waals surface area contributed by atoms with Gasteiger partial charge in [-0.3, -0.25) is 9.69 Å². The summed E-state index contributed by atoms with van der Waals surface area (Å²) in [4.78, 5) is 14.4. The number of carbonyl (C=O) groups is 1. The zero-order valence-electron chi connectivity index (χ0n) is 14.8. The summed E-state index contributed by atoms with van der Waals surface area (Å²) in [5.74, 6) is 0.0958. The molecule has 0 aliphatic heterocycles. The molecule has 2 rings (SSSR count). The Labute approximate surface area is 145 Å². The summed E-state index contributed by atoms with van der Waals surface area (Å²) in [7, 11) is 1.69. The first kappa shape index (κ1) is 18.7. The van der Waals surface area contributed by atoms with E-state index in [9.17, 15) is 4.79 Å². The average molecular weight is 330 g/mol. The molecule has 0 radical (unpaired) electrons. The van der Waals surface area contributed by atoms with Crippen LogP contribution < -0.4 is 5.32 Å². The van der Waals surface area contributed by atoms with Crippen molar-refractivity contribution in [2.75, 3.05) is 33.4 Å². The molecule has 1 aromatic carbocycles. The highest BCUT2D eigenvalue weighted by Gasteiger charge is 2.11. The Hall–Kier alpha value is -1.65. The second kappa shape index (κ2) is 11.0. The Morgan fingerprint density at radius 1 is 1.25 bits per heavy atom. The van der Waals surface area contributed by atoms with Gasteiger partial charge in [0, 0.05) is 26.7 Å². The standard InChI is InChI=1S/C20H30N2O2/c1-24-15-14-22(16-19-10-6-3-7-11-19)17-20(23)21-13-12-18-8-4-2-5-9-18/h3,6-8,10-11H,2,4-5,9,12-17H2,1H3,(H,21,23). The fourth-order valence-corrected chi connectivity index (χ4v) is 3.03. The van der Waals surface area contributed by atoms with Gasteiger partial charge in [0.15, 0.2) is 0 Å². The molecule has 1 amide bonds. The molecule has 0 bridgehead atoms. The number of benzene rings is 1. The highest BCUT2D eigenvalue weighted by molar-refractivity contribution is 5.78. The van der Waals surface area contributed by atoms with E-state index >= 15 is 0 Å². The predicted molar refractivity (Wildman–Crippen MR) is 97.8 cm³/mol. The molecule has 132 valence electrons. The molecule has 0 unspecified atom stereocenters. The van der Waals surface area contributed by atoms with E-state index in [1.165, 1.54) is 36.8 Å². The first-order valence-electron chi connectivity index (χ1n) is 8.98. The molecule has 0 spiro atoms. The lowest BCUT2D eigenvalue weighted by atomic mass is 9.97. The number of carbonyl (C=O) groups excluding carboxylic acids is 1. The van der Waals surface area contributed by atoms with E-state index in [0.29, 0.717) is 13.2 Å². The minimum Gasteiger partial charge on any atom is -0.383 e.